The molecule has 0 bridgehead atoms. The molecule has 1 aromatic carbocycles. The molecule has 1 aliphatic heterocycles. The number of hydrogen-bond donors (Lipinski definition) is 1. The van der Waals surface area contributed by atoms with E-state index in [0.717, 1.165) is 29.4 Å². The molecule has 1 aliphatic rings. The van der Waals surface area contributed by atoms with Crippen LogP contribution in [-0.2, 0) is 0 Å². The predicted molar refractivity (Wildman–Crippen MR) is 87.1 cm³/mol. The molecule has 0 radical (unpaired) electrons. The molecule has 118 valence electrons. The number of rotatable bonds is 5. The van der Waals surface area contributed by atoms with Crippen LogP contribution in [0, 0.1) is 18.8 Å². The van der Waals surface area contributed by atoms with E-state index in [-0.39, 0.29) is 0 Å². The normalized spacial score (nSPS) is 24.8. The number of piperidine rings is 1. The molecule has 2 rings (SSSR count). The van der Waals surface area contributed by atoms with E-state index in [1.807, 2.05) is 25.1 Å². The maximum atomic E-state index is 10.2. The zero-order valence-corrected chi connectivity index (χ0v) is 13.9. The van der Waals surface area contributed by atoms with E-state index in [1.165, 1.54) is 6.42 Å². The number of aliphatic hydroxyl groups excluding tert-OH is 1. The summed E-state index contributed by atoms with van der Waals surface area (Å²) in [5.74, 6) is 2.18. The number of β-amino-alcohol motifs (C(OH)–C–C–N with tert-alkyl or cyclic N) is 1. The van der Waals surface area contributed by atoms with Crippen LogP contribution in [0.5, 0.6) is 5.75 Å². The maximum absolute atomic E-state index is 10.2. The zero-order valence-electron chi connectivity index (χ0n) is 13.2. The number of nitrogens with zero attached hydrogens (tertiary/aromatic N) is 1. The second kappa shape index (κ2) is 7.48. The molecule has 3 unspecified atom stereocenters. The van der Waals surface area contributed by atoms with Crippen molar-refractivity contribution in [2.75, 3.05) is 26.2 Å². The van der Waals surface area contributed by atoms with Gasteiger partial charge in [-0.25, -0.2) is 0 Å². The minimum Gasteiger partial charge on any atom is -0.491 e. The third-order valence-electron chi connectivity index (χ3n) is 3.99. The van der Waals surface area contributed by atoms with Crippen LogP contribution < -0.4 is 4.74 Å². The van der Waals surface area contributed by atoms with Gasteiger partial charge in [-0.2, -0.15) is 0 Å². The van der Waals surface area contributed by atoms with E-state index < -0.39 is 6.10 Å². The first-order chi connectivity index (χ1) is 9.94. The van der Waals surface area contributed by atoms with E-state index in [1.54, 1.807) is 0 Å². The lowest BCUT2D eigenvalue weighted by atomic mass is 9.92. The Morgan fingerprint density at radius 1 is 1.33 bits per heavy atom. The SMILES string of the molecule is Cc1cc(OCC(O)CN2CC(C)CC(C)C2)ccc1Cl. The summed E-state index contributed by atoms with van der Waals surface area (Å²) < 4.78 is 5.66. The fourth-order valence-electron chi connectivity index (χ4n) is 3.19. The summed E-state index contributed by atoms with van der Waals surface area (Å²) in [5.41, 5.74) is 0.988. The number of likely N-dealkylation sites (tertiary alicyclic amines) is 1. The molecule has 3 atom stereocenters. The number of ether oxygens (including phenoxy) is 1. The Hall–Kier alpha value is -0.770. The number of hydrogen-bond acceptors (Lipinski definition) is 3. The van der Waals surface area contributed by atoms with Crippen molar-refractivity contribution in [1.29, 1.82) is 0 Å². The minimum absolute atomic E-state index is 0.320. The standard InChI is InChI=1S/C17H26ClNO2/c1-12-6-13(2)9-19(8-12)10-15(20)11-21-16-4-5-17(18)14(3)7-16/h4-5,7,12-13,15,20H,6,8-11H2,1-3H3. The molecule has 1 fully saturated rings. The number of halogens is 1. The second-order valence-electron chi connectivity index (χ2n) is 6.54. The molecule has 1 saturated heterocycles. The van der Waals surface area contributed by atoms with Crippen LogP contribution >= 0.6 is 11.6 Å². The molecule has 0 spiro atoms. The topological polar surface area (TPSA) is 32.7 Å². The van der Waals surface area contributed by atoms with E-state index >= 15 is 0 Å². The van der Waals surface area contributed by atoms with Gasteiger partial charge >= 0.3 is 0 Å². The highest BCUT2D eigenvalue weighted by Gasteiger charge is 2.23. The summed E-state index contributed by atoms with van der Waals surface area (Å²) in [4.78, 5) is 2.35. The van der Waals surface area contributed by atoms with Gasteiger partial charge in [0.15, 0.2) is 0 Å². The summed E-state index contributed by atoms with van der Waals surface area (Å²) in [5, 5.41) is 10.9. The monoisotopic (exact) mass is 311 g/mol. The van der Waals surface area contributed by atoms with Crippen molar-refractivity contribution in [3.8, 4) is 5.75 Å². The average molecular weight is 312 g/mol. The minimum atomic E-state index is -0.460. The van der Waals surface area contributed by atoms with Gasteiger partial charge in [-0.1, -0.05) is 25.4 Å². The quantitative estimate of drug-likeness (QED) is 0.905. The predicted octanol–water partition coefficient (Wildman–Crippen LogP) is 3.37. The summed E-state index contributed by atoms with van der Waals surface area (Å²) in [7, 11) is 0. The number of benzene rings is 1. The molecule has 1 heterocycles. The summed E-state index contributed by atoms with van der Waals surface area (Å²) in [6, 6.07) is 5.57. The Kier molecular flexibility index (Phi) is 5.91. The molecule has 3 nitrogen and oxygen atoms in total. The highest BCUT2D eigenvalue weighted by Crippen LogP contribution is 2.22. The highest BCUT2D eigenvalue weighted by atomic mass is 35.5. The van der Waals surface area contributed by atoms with Gasteiger partial charge < -0.3 is 14.7 Å². The van der Waals surface area contributed by atoms with Crippen molar-refractivity contribution >= 4 is 11.6 Å². The first-order valence-corrected chi connectivity index (χ1v) is 8.11. The maximum Gasteiger partial charge on any atom is 0.119 e. The Morgan fingerprint density at radius 3 is 2.62 bits per heavy atom. The molecule has 0 aromatic heterocycles. The van der Waals surface area contributed by atoms with E-state index in [0.29, 0.717) is 25.0 Å². The molecular formula is C17H26ClNO2. The molecule has 0 saturated carbocycles. The summed E-state index contributed by atoms with van der Waals surface area (Å²) >= 11 is 5.99. The van der Waals surface area contributed by atoms with E-state index in [4.69, 9.17) is 16.3 Å². The van der Waals surface area contributed by atoms with Crippen LogP contribution in [0.3, 0.4) is 0 Å². The third-order valence-corrected chi connectivity index (χ3v) is 4.41. The fourth-order valence-corrected chi connectivity index (χ4v) is 3.31. The number of aliphatic hydroxyl groups is 1. The van der Waals surface area contributed by atoms with Gasteiger partial charge in [0.05, 0.1) is 0 Å². The van der Waals surface area contributed by atoms with Gasteiger partial charge in [0.25, 0.3) is 0 Å². The Morgan fingerprint density at radius 2 is 2.00 bits per heavy atom. The van der Waals surface area contributed by atoms with Gasteiger partial charge in [-0.05, 0) is 48.9 Å². The van der Waals surface area contributed by atoms with E-state index in [2.05, 4.69) is 18.7 Å². The fraction of sp³-hybridized carbons (Fsp3) is 0.647. The van der Waals surface area contributed by atoms with Crippen LogP contribution in [0.2, 0.25) is 5.02 Å². The largest absolute Gasteiger partial charge is 0.491 e. The average Bonchev–Trinajstić information content (AvgIpc) is 2.39. The molecule has 0 aliphatic carbocycles. The zero-order chi connectivity index (χ0) is 15.4. The van der Waals surface area contributed by atoms with Crippen molar-refractivity contribution in [1.82, 2.24) is 4.90 Å². The smallest absolute Gasteiger partial charge is 0.119 e. The third kappa shape index (κ3) is 5.17. The van der Waals surface area contributed by atoms with Crippen molar-refractivity contribution in [2.45, 2.75) is 33.3 Å². The molecule has 1 N–H and O–H groups in total. The Bertz CT molecular complexity index is 456. The lowest BCUT2D eigenvalue weighted by Crippen LogP contribution is -2.44. The van der Waals surface area contributed by atoms with Crippen LogP contribution in [0.1, 0.15) is 25.8 Å². The second-order valence-corrected chi connectivity index (χ2v) is 6.95. The van der Waals surface area contributed by atoms with Gasteiger partial charge in [0.1, 0.15) is 18.5 Å². The van der Waals surface area contributed by atoms with Gasteiger partial charge in [0.2, 0.25) is 0 Å². The van der Waals surface area contributed by atoms with Gasteiger partial charge in [-0.3, -0.25) is 0 Å². The van der Waals surface area contributed by atoms with Crippen molar-refractivity contribution in [3.63, 3.8) is 0 Å². The van der Waals surface area contributed by atoms with E-state index in [9.17, 15) is 5.11 Å². The molecular weight excluding hydrogens is 286 g/mol. The lowest BCUT2D eigenvalue weighted by Gasteiger charge is -2.35. The molecule has 4 heteroatoms. The first-order valence-electron chi connectivity index (χ1n) is 7.73. The van der Waals surface area contributed by atoms with Crippen molar-refractivity contribution < 1.29 is 9.84 Å². The number of aryl methyl sites for hydroxylation is 1. The molecule has 21 heavy (non-hydrogen) atoms. The lowest BCUT2D eigenvalue weighted by molar-refractivity contribution is 0.0429. The van der Waals surface area contributed by atoms with Gasteiger partial charge in [0, 0.05) is 24.7 Å². The highest BCUT2D eigenvalue weighted by molar-refractivity contribution is 6.31. The molecule has 1 aromatic rings. The van der Waals surface area contributed by atoms with Crippen LogP contribution in [0.25, 0.3) is 0 Å². The Balaban J connectivity index is 1.79. The molecule has 0 amide bonds. The van der Waals surface area contributed by atoms with Gasteiger partial charge in [-0.15, -0.1) is 0 Å². The summed E-state index contributed by atoms with van der Waals surface area (Å²) in [6.07, 6.45) is 0.825. The van der Waals surface area contributed by atoms with Crippen LogP contribution in [-0.4, -0.2) is 42.4 Å². The van der Waals surface area contributed by atoms with Crippen LogP contribution in [0.15, 0.2) is 18.2 Å². The summed E-state index contributed by atoms with van der Waals surface area (Å²) in [6.45, 7) is 9.65. The first kappa shape index (κ1) is 16.6. The Labute approximate surface area is 132 Å². The van der Waals surface area contributed by atoms with Crippen molar-refractivity contribution in [3.05, 3.63) is 28.8 Å². The van der Waals surface area contributed by atoms with Crippen LogP contribution in [0.4, 0.5) is 0 Å². The van der Waals surface area contributed by atoms with Crippen molar-refractivity contribution in [2.24, 2.45) is 11.8 Å².